The Balaban J connectivity index is 2.18. The van der Waals surface area contributed by atoms with E-state index in [1.54, 1.807) is 19.1 Å². The first-order valence-corrected chi connectivity index (χ1v) is 8.03. The van der Waals surface area contributed by atoms with E-state index < -0.39 is 11.2 Å². The van der Waals surface area contributed by atoms with Gasteiger partial charge in [0.25, 0.3) is 0 Å². The maximum Gasteiger partial charge on any atom is 0.316 e. The van der Waals surface area contributed by atoms with Crippen LogP contribution < -0.4 is 0 Å². The Bertz CT molecular complexity index is 625. The summed E-state index contributed by atoms with van der Waals surface area (Å²) < 4.78 is 0. The van der Waals surface area contributed by atoms with Gasteiger partial charge in [-0.15, -0.1) is 11.8 Å². The number of hydrogen-bond acceptors (Lipinski definition) is 3. The molecule has 0 bridgehead atoms. The minimum absolute atomic E-state index is 0.0274. The van der Waals surface area contributed by atoms with E-state index in [2.05, 4.69) is 0 Å². The number of carbonyl (C=O) groups is 2. The summed E-state index contributed by atoms with van der Waals surface area (Å²) in [7, 11) is 0. The lowest BCUT2D eigenvalue weighted by Crippen LogP contribution is -2.15. The molecule has 0 heterocycles. The Morgan fingerprint density at radius 3 is 2.09 bits per heavy atom. The van der Waals surface area contributed by atoms with Gasteiger partial charge in [0.1, 0.15) is 5.25 Å². The maximum atomic E-state index is 12.4. The molecule has 2 atom stereocenters. The SMILES string of the molecule is C[C@H](S[C@@H](CC(=O)c1ccccc1)c1ccccc1)C(=O)O. The van der Waals surface area contributed by atoms with Gasteiger partial charge in [-0.25, -0.2) is 0 Å². The molecule has 3 nitrogen and oxygen atoms in total. The van der Waals surface area contributed by atoms with Gasteiger partial charge in [0.2, 0.25) is 0 Å². The number of benzene rings is 2. The second kappa shape index (κ2) is 7.80. The standard InChI is InChI=1S/C18H18O3S/c1-13(18(20)21)22-17(15-10-6-3-7-11-15)12-16(19)14-8-4-2-5-9-14/h2-11,13,17H,12H2,1H3,(H,20,21)/t13-,17-/m0/s1. The van der Waals surface area contributed by atoms with Crippen molar-refractivity contribution in [2.75, 3.05) is 0 Å². The molecular weight excluding hydrogens is 296 g/mol. The highest BCUT2D eigenvalue weighted by atomic mass is 32.2. The zero-order valence-corrected chi connectivity index (χ0v) is 13.1. The highest BCUT2D eigenvalue weighted by Crippen LogP contribution is 2.36. The van der Waals surface area contributed by atoms with Crippen LogP contribution in [-0.4, -0.2) is 22.1 Å². The molecule has 0 fully saturated rings. The predicted molar refractivity (Wildman–Crippen MR) is 89.3 cm³/mol. The second-order valence-electron chi connectivity index (χ2n) is 5.01. The first-order chi connectivity index (χ1) is 10.6. The Kier molecular flexibility index (Phi) is 5.78. The molecule has 0 saturated carbocycles. The molecule has 114 valence electrons. The van der Waals surface area contributed by atoms with Gasteiger partial charge >= 0.3 is 5.97 Å². The van der Waals surface area contributed by atoms with E-state index in [-0.39, 0.29) is 17.5 Å². The van der Waals surface area contributed by atoms with Gasteiger partial charge < -0.3 is 5.11 Å². The fourth-order valence-electron chi connectivity index (χ4n) is 2.13. The lowest BCUT2D eigenvalue weighted by molar-refractivity contribution is -0.136. The van der Waals surface area contributed by atoms with Crippen molar-refractivity contribution in [3.63, 3.8) is 0 Å². The molecule has 0 aliphatic carbocycles. The van der Waals surface area contributed by atoms with E-state index in [4.69, 9.17) is 5.11 Å². The van der Waals surface area contributed by atoms with Crippen LogP contribution in [0.3, 0.4) is 0 Å². The van der Waals surface area contributed by atoms with Crippen LogP contribution in [0.5, 0.6) is 0 Å². The lowest BCUT2D eigenvalue weighted by Gasteiger charge is -2.18. The number of carboxylic acids is 1. The smallest absolute Gasteiger partial charge is 0.316 e. The summed E-state index contributed by atoms with van der Waals surface area (Å²) in [5.41, 5.74) is 1.64. The molecule has 2 aromatic carbocycles. The third-order valence-electron chi connectivity index (χ3n) is 3.35. The molecule has 0 aliphatic heterocycles. The topological polar surface area (TPSA) is 54.4 Å². The number of carbonyl (C=O) groups excluding carboxylic acids is 1. The highest BCUT2D eigenvalue weighted by molar-refractivity contribution is 8.00. The molecule has 0 amide bonds. The zero-order valence-electron chi connectivity index (χ0n) is 12.3. The summed E-state index contributed by atoms with van der Waals surface area (Å²) in [5.74, 6) is -0.836. The number of aliphatic carboxylic acids is 1. The predicted octanol–water partition coefficient (Wildman–Crippen LogP) is 4.21. The maximum absolute atomic E-state index is 12.4. The Morgan fingerprint density at radius 2 is 1.55 bits per heavy atom. The Morgan fingerprint density at radius 1 is 1.00 bits per heavy atom. The van der Waals surface area contributed by atoms with Crippen LogP contribution in [0.25, 0.3) is 0 Å². The van der Waals surface area contributed by atoms with Crippen LogP contribution >= 0.6 is 11.8 Å². The molecule has 0 saturated heterocycles. The largest absolute Gasteiger partial charge is 0.480 e. The van der Waals surface area contributed by atoms with Crippen molar-refractivity contribution >= 4 is 23.5 Å². The summed E-state index contributed by atoms with van der Waals surface area (Å²) in [4.78, 5) is 23.5. The highest BCUT2D eigenvalue weighted by Gasteiger charge is 2.23. The third-order valence-corrected chi connectivity index (χ3v) is 4.73. The third kappa shape index (κ3) is 4.46. The average molecular weight is 314 g/mol. The summed E-state index contributed by atoms with van der Waals surface area (Å²) in [5, 5.41) is 8.40. The van der Waals surface area contributed by atoms with Gasteiger partial charge in [0.05, 0.1) is 0 Å². The van der Waals surface area contributed by atoms with Crippen molar-refractivity contribution in [1.29, 1.82) is 0 Å². The van der Waals surface area contributed by atoms with E-state index in [1.165, 1.54) is 11.8 Å². The normalized spacial score (nSPS) is 13.3. The average Bonchev–Trinajstić information content (AvgIpc) is 2.55. The molecule has 22 heavy (non-hydrogen) atoms. The van der Waals surface area contributed by atoms with Crippen molar-refractivity contribution in [1.82, 2.24) is 0 Å². The quantitative estimate of drug-likeness (QED) is 0.778. The molecule has 2 rings (SSSR count). The molecule has 0 aliphatic rings. The van der Waals surface area contributed by atoms with E-state index in [9.17, 15) is 9.59 Å². The van der Waals surface area contributed by atoms with Crippen molar-refractivity contribution in [3.05, 3.63) is 71.8 Å². The summed E-state index contributed by atoms with van der Waals surface area (Å²) in [6.07, 6.45) is 0.288. The van der Waals surface area contributed by atoms with Gasteiger partial charge in [-0.1, -0.05) is 60.7 Å². The van der Waals surface area contributed by atoms with Crippen LogP contribution in [-0.2, 0) is 4.79 Å². The molecule has 2 aromatic rings. The van der Waals surface area contributed by atoms with E-state index >= 15 is 0 Å². The van der Waals surface area contributed by atoms with Crippen LogP contribution in [0.2, 0.25) is 0 Å². The van der Waals surface area contributed by atoms with Crippen LogP contribution in [0, 0.1) is 0 Å². The fraction of sp³-hybridized carbons (Fsp3) is 0.222. The van der Waals surface area contributed by atoms with Gasteiger partial charge in [-0.3, -0.25) is 9.59 Å². The summed E-state index contributed by atoms with van der Waals surface area (Å²) in [6.45, 7) is 1.65. The van der Waals surface area contributed by atoms with Gasteiger partial charge in [-0.2, -0.15) is 0 Å². The number of ketones is 1. The summed E-state index contributed by atoms with van der Waals surface area (Å²) >= 11 is 1.31. The number of thioether (sulfide) groups is 1. The lowest BCUT2D eigenvalue weighted by atomic mass is 10.0. The molecular formula is C18H18O3S. The molecule has 0 unspecified atom stereocenters. The van der Waals surface area contributed by atoms with Gasteiger partial charge in [0, 0.05) is 17.2 Å². The van der Waals surface area contributed by atoms with E-state index in [0.29, 0.717) is 5.56 Å². The second-order valence-corrected chi connectivity index (χ2v) is 6.56. The number of carboxylic acid groups (broad SMARTS) is 1. The number of Topliss-reactive ketones (excluding diaryl/α,β-unsaturated/α-hetero) is 1. The first-order valence-electron chi connectivity index (χ1n) is 7.09. The van der Waals surface area contributed by atoms with Crippen LogP contribution in [0.1, 0.15) is 34.5 Å². The zero-order chi connectivity index (χ0) is 15.9. The van der Waals surface area contributed by atoms with E-state index in [1.807, 2.05) is 48.5 Å². The molecule has 0 spiro atoms. The number of hydrogen-bond donors (Lipinski definition) is 1. The molecule has 0 aromatic heterocycles. The van der Waals surface area contributed by atoms with Crippen LogP contribution in [0.4, 0.5) is 0 Å². The van der Waals surface area contributed by atoms with Crippen molar-refractivity contribution in [2.24, 2.45) is 0 Å². The minimum Gasteiger partial charge on any atom is -0.480 e. The number of rotatable bonds is 7. The van der Waals surface area contributed by atoms with Crippen molar-refractivity contribution in [2.45, 2.75) is 23.8 Å². The van der Waals surface area contributed by atoms with Crippen LogP contribution in [0.15, 0.2) is 60.7 Å². The van der Waals surface area contributed by atoms with E-state index in [0.717, 1.165) is 5.56 Å². The summed E-state index contributed by atoms with van der Waals surface area (Å²) in [6, 6.07) is 18.7. The first kappa shape index (κ1) is 16.3. The van der Waals surface area contributed by atoms with Crippen molar-refractivity contribution in [3.8, 4) is 0 Å². The van der Waals surface area contributed by atoms with Crippen molar-refractivity contribution < 1.29 is 14.7 Å². The molecule has 0 radical (unpaired) electrons. The van der Waals surface area contributed by atoms with Gasteiger partial charge in [0.15, 0.2) is 5.78 Å². The monoisotopic (exact) mass is 314 g/mol. The van der Waals surface area contributed by atoms with Gasteiger partial charge in [-0.05, 0) is 12.5 Å². The Labute approximate surface area is 134 Å². The Hall–Kier alpha value is -2.07. The molecule has 1 N–H and O–H groups in total. The molecule has 4 heteroatoms. The fourth-order valence-corrected chi connectivity index (χ4v) is 3.30. The minimum atomic E-state index is -0.863.